The van der Waals surface area contributed by atoms with Gasteiger partial charge in [-0.3, -0.25) is 14.0 Å². The standard InChI is InChI=1S/C24H52N3PSi/c1-17(2)26(18(3)4)28(27(19(5)6)20(7)8)24(15)16-25-29(21(9)10,22(11)12)23(13)14/h17-23H,1-15H3. The van der Waals surface area contributed by atoms with Crippen LogP contribution in [0.1, 0.15) is 104 Å². The van der Waals surface area contributed by atoms with Crippen molar-refractivity contribution in [3.8, 4) is 0 Å². The van der Waals surface area contributed by atoms with Crippen molar-refractivity contribution in [3.63, 3.8) is 0 Å². The number of rotatable bonds is 11. The molecule has 0 aromatic heterocycles. The summed E-state index contributed by atoms with van der Waals surface area (Å²) in [6, 6.07) is 1.95. The molecule has 0 radical (unpaired) electrons. The fourth-order valence-corrected chi connectivity index (χ4v) is 13.2. The van der Waals surface area contributed by atoms with Crippen molar-refractivity contribution in [1.29, 1.82) is 0 Å². The Morgan fingerprint density at radius 2 is 0.897 bits per heavy atom. The summed E-state index contributed by atoms with van der Waals surface area (Å²) in [5, 5.41) is 1.32. The van der Waals surface area contributed by atoms with E-state index in [9.17, 15) is 0 Å². The molecule has 0 unspecified atom stereocenters. The van der Waals surface area contributed by atoms with Gasteiger partial charge in [-0.1, -0.05) is 41.5 Å². The summed E-state index contributed by atoms with van der Waals surface area (Å²) in [6.07, 6.45) is 0. The lowest BCUT2D eigenvalue weighted by Gasteiger charge is -2.47. The van der Waals surface area contributed by atoms with Gasteiger partial charge in [0.15, 0.2) is 0 Å². The van der Waals surface area contributed by atoms with Crippen molar-refractivity contribution in [2.45, 2.75) is 145 Å². The van der Waals surface area contributed by atoms with Crippen LogP contribution < -0.4 is 0 Å². The molecular weight excluding hydrogens is 389 g/mol. The van der Waals surface area contributed by atoms with Crippen molar-refractivity contribution < 1.29 is 0 Å². The molecule has 0 saturated carbocycles. The highest BCUT2D eigenvalue weighted by atomic mass is 31.1. The van der Waals surface area contributed by atoms with Gasteiger partial charge in [0, 0.05) is 29.5 Å². The smallest absolute Gasteiger partial charge is 0.201 e. The maximum absolute atomic E-state index is 5.39. The van der Waals surface area contributed by atoms with Gasteiger partial charge in [0.25, 0.3) is 0 Å². The predicted molar refractivity (Wildman–Crippen MR) is 139 cm³/mol. The van der Waals surface area contributed by atoms with E-state index in [0.717, 1.165) is 0 Å². The predicted octanol–water partition coefficient (Wildman–Crippen LogP) is 8.28. The highest BCUT2D eigenvalue weighted by Crippen LogP contribution is 2.55. The van der Waals surface area contributed by atoms with E-state index in [0.29, 0.717) is 40.8 Å². The van der Waals surface area contributed by atoms with Crippen LogP contribution in [0, 0.1) is 0 Å². The summed E-state index contributed by atoms with van der Waals surface area (Å²) in [5.41, 5.74) is 1.85. The Hall–Kier alpha value is 0.0169. The van der Waals surface area contributed by atoms with Gasteiger partial charge in [0.1, 0.15) is 0 Å². The zero-order valence-electron chi connectivity index (χ0n) is 22.3. The molecule has 0 aliphatic rings. The SMILES string of the molecule is CC(=C=N[Si](C(C)C)(C(C)C)C(C)C)P(N(C(C)C)C(C)C)N(C(C)C)C(C)C. The minimum Gasteiger partial charge on any atom is -0.282 e. The zero-order valence-corrected chi connectivity index (χ0v) is 24.2. The van der Waals surface area contributed by atoms with E-state index in [1.165, 1.54) is 5.31 Å². The minimum atomic E-state index is -1.85. The van der Waals surface area contributed by atoms with Gasteiger partial charge in [-0.25, -0.2) is 0 Å². The molecule has 0 aromatic rings. The second-order valence-corrected chi connectivity index (χ2v) is 18.2. The molecule has 5 heteroatoms. The van der Waals surface area contributed by atoms with Crippen molar-refractivity contribution in [3.05, 3.63) is 5.31 Å². The third-order valence-electron chi connectivity index (χ3n) is 6.04. The molecule has 0 saturated heterocycles. The van der Waals surface area contributed by atoms with Gasteiger partial charge in [0.05, 0.1) is 8.22 Å². The molecule has 0 spiro atoms. The maximum atomic E-state index is 5.39. The molecule has 0 aliphatic carbocycles. The third-order valence-corrected chi connectivity index (χ3v) is 15.5. The average Bonchev–Trinajstić information content (AvgIpc) is 2.51. The first-order valence-electron chi connectivity index (χ1n) is 11.8. The molecule has 0 heterocycles. The van der Waals surface area contributed by atoms with E-state index >= 15 is 0 Å². The molecule has 3 nitrogen and oxygen atoms in total. The van der Waals surface area contributed by atoms with Crippen LogP contribution in [0.25, 0.3) is 0 Å². The van der Waals surface area contributed by atoms with Crippen LogP contribution in [0.2, 0.25) is 16.6 Å². The second-order valence-electron chi connectivity index (χ2n) is 10.6. The van der Waals surface area contributed by atoms with Crippen molar-refractivity contribution in [1.82, 2.24) is 9.34 Å². The van der Waals surface area contributed by atoms with Crippen molar-refractivity contribution >= 4 is 22.3 Å². The van der Waals surface area contributed by atoms with Gasteiger partial charge in [-0.2, -0.15) is 0 Å². The van der Waals surface area contributed by atoms with Crippen LogP contribution >= 0.6 is 8.22 Å². The summed E-state index contributed by atoms with van der Waals surface area (Å²) in [4.78, 5) is 0. The van der Waals surface area contributed by atoms with Gasteiger partial charge in [-0.05, 0) is 84.8 Å². The van der Waals surface area contributed by atoms with E-state index in [4.69, 9.17) is 4.66 Å². The summed E-state index contributed by atoms with van der Waals surface area (Å²) in [5.74, 6) is 3.70. The van der Waals surface area contributed by atoms with Gasteiger partial charge >= 0.3 is 0 Å². The Balaban J connectivity index is 6.75. The Labute approximate surface area is 186 Å². The maximum Gasteiger partial charge on any atom is 0.201 e. The number of hydrogen-bond acceptors (Lipinski definition) is 3. The largest absolute Gasteiger partial charge is 0.282 e. The summed E-state index contributed by atoms with van der Waals surface area (Å²) in [7, 11) is -2.46. The molecule has 172 valence electrons. The first-order valence-corrected chi connectivity index (χ1v) is 15.2. The fraction of sp³-hybridized carbons (Fsp3) is 0.917. The molecule has 0 atom stereocenters. The van der Waals surface area contributed by atoms with Gasteiger partial charge in [0.2, 0.25) is 8.24 Å². The summed E-state index contributed by atoms with van der Waals surface area (Å²) in [6.45, 7) is 35.1. The molecule has 0 bridgehead atoms. The Bertz CT molecular complexity index is 489. The van der Waals surface area contributed by atoms with E-state index < -0.39 is 16.5 Å². The number of allylic oxidation sites excluding steroid dienone is 1. The fourth-order valence-electron chi connectivity index (χ4n) is 5.14. The molecular formula is C24H52N3PSi. The van der Waals surface area contributed by atoms with E-state index in [1.54, 1.807) is 0 Å². The van der Waals surface area contributed by atoms with Gasteiger partial charge < -0.3 is 0 Å². The van der Waals surface area contributed by atoms with Crippen LogP contribution in [0.5, 0.6) is 0 Å². The Morgan fingerprint density at radius 1 is 0.621 bits per heavy atom. The van der Waals surface area contributed by atoms with Crippen LogP contribution in [-0.4, -0.2) is 47.6 Å². The van der Waals surface area contributed by atoms with Crippen LogP contribution in [0.4, 0.5) is 0 Å². The summed E-state index contributed by atoms with van der Waals surface area (Å²) < 4.78 is 10.8. The van der Waals surface area contributed by atoms with Crippen molar-refractivity contribution in [2.24, 2.45) is 4.66 Å². The first kappa shape index (κ1) is 29.0. The lowest BCUT2D eigenvalue weighted by atomic mass is 10.3. The highest BCUT2D eigenvalue weighted by Gasteiger charge is 2.43. The molecule has 0 N–H and O–H groups in total. The Morgan fingerprint density at radius 3 is 1.10 bits per heavy atom. The quantitative estimate of drug-likeness (QED) is 0.182. The Kier molecular flexibility index (Phi) is 12.2. The van der Waals surface area contributed by atoms with E-state index in [2.05, 4.69) is 119 Å². The summed E-state index contributed by atoms with van der Waals surface area (Å²) >= 11 is 0. The molecule has 0 aliphatic heterocycles. The van der Waals surface area contributed by atoms with Gasteiger partial charge in [-0.15, -0.1) is 0 Å². The van der Waals surface area contributed by atoms with Crippen LogP contribution in [-0.2, 0) is 0 Å². The molecule has 0 amide bonds. The normalized spacial score (nSPS) is 13.6. The zero-order chi connectivity index (χ0) is 23.3. The lowest BCUT2D eigenvalue weighted by Crippen LogP contribution is -2.43. The average molecular weight is 442 g/mol. The van der Waals surface area contributed by atoms with E-state index in [1.807, 2.05) is 0 Å². The number of nitrogens with zero attached hydrogens (tertiary/aromatic N) is 3. The number of hydrogen-bond donors (Lipinski definition) is 0. The highest BCUT2D eigenvalue weighted by molar-refractivity contribution is 7.57. The minimum absolute atomic E-state index is 0.486. The molecule has 29 heavy (non-hydrogen) atoms. The van der Waals surface area contributed by atoms with Crippen LogP contribution in [0.15, 0.2) is 9.97 Å². The molecule has 0 aromatic carbocycles. The molecule has 0 fully saturated rings. The topological polar surface area (TPSA) is 18.8 Å². The lowest BCUT2D eigenvalue weighted by molar-refractivity contribution is 0.259. The van der Waals surface area contributed by atoms with Crippen LogP contribution in [0.3, 0.4) is 0 Å². The second kappa shape index (κ2) is 12.2. The first-order chi connectivity index (χ1) is 13.1. The van der Waals surface area contributed by atoms with Crippen molar-refractivity contribution in [2.75, 3.05) is 0 Å². The third kappa shape index (κ3) is 7.01. The molecule has 0 rings (SSSR count). The van der Waals surface area contributed by atoms with E-state index in [-0.39, 0.29) is 0 Å². The monoisotopic (exact) mass is 441 g/mol.